The third-order valence-electron chi connectivity index (χ3n) is 4.58. The van der Waals surface area contributed by atoms with Gasteiger partial charge in [-0.05, 0) is 57.2 Å². The lowest BCUT2D eigenvalue weighted by atomic mass is 10.0. The van der Waals surface area contributed by atoms with Gasteiger partial charge in [-0.1, -0.05) is 38.1 Å². The van der Waals surface area contributed by atoms with Crippen LogP contribution in [0, 0.1) is 12.8 Å². The minimum atomic E-state index is -3.61. The van der Waals surface area contributed by atoms with E-state index in [4.69, 9.17) is 0 Å². The van der Waals surface area contributed by atoms with Crippen molar-refractivity contribution in [1.82, 2.24) is 14.3 Å². The molecule has 0 aliphatic rings. The molecule has 0 saturated carbocycles. The first-order valence-electron chi connectivity index (χ1n) is 10.2. The Labute approximate surface area is 184 Å². The maximum atomic E-state index is 13.1. The smallest absolute Gasteiger partial charge is 0.251 e. The molecule has 0 bridgehead atoms. The number of benzene rings is 1. The van der Waals surface area contributed by atoms with Gasteiger partial charge in [0.05, 0.1) is 0 Å². The summed E-state index contributed by atoms with van der Waals surface area (Å²) in [6.45, 7) is 12.6. The summed E-state index contributed by atoms with van der Waals surface area (Å²) in [5.74, 6) is 1.43. The monoisotopic (exact) mass is 445 g/mol. The average Bonchev–Trinajstić information content (AvgIpc) is 3.20. The van der Waals surface area contributed by atoms with E-state index in [0.717, 1.165) is 40.4 Å². The van der Waals surface area contributed by atoms with Crippen molar-refractivity contribution >= 4 is 21.4 Å². The van der Waals surface area contributed by atoms with Gasteiger partial charge in [0.1, 0.15) is 10.0 Å². The second kappa shape index (κ2) is 8.65. The molecule has 3 aromatic rings. The summed E-state index contributed by atoms with van der Waals surface area (Å²) < 4.78 is 31.6. The van der Waals surface area contributed by atoms with Gasteiger partial charge in [0.2, 0.25) is 0 Å². The number of hydrogen-bond acceptors (Lipinski definition) is 4. The average molecular weight is 446 g/mol. The van der Waals surface area contributed by atoms with Gasteiger partial charge in [-0.25, -0.2) is 18.1 Å². The van der Waals surface area contributed by atoms with Crippen LogP contribution in [0.15, 0.2) is 46.9 Å². The van der Waals surface area contributed by atoms with Crippen LogP contribution in [0.4, 0.5) is 0 Å². The SMILES string of the molecule is Cc1nccn1Cc1ccc(-c2cc(CC(C)C)sc2S(=O)(=O)NC(C)(C)C)cc1. The van der Waals surface area contributed by atoms with Crippen LogP contribution in [0.3, 0.4) is 0 Å². The molecule has 5 nitrogen and oxygen atoms in total. The molecule has 3 rings (SSSR count). The third-order valence-corrected chi connectivity index (χ3v) is 8.03. The lowest BCUT2D eigenvalue weighted by Crippen LogP contribution is -2.40. The van der Waals surface area contributed by atoms with E-state index in [-0.39, 0.29) is 0 Å². The number of sulfonamides is 1. The van der Waals surface area contributed by atoms with Crippen LogP contribution in [0.2, 0.25) is 0 Å². The lowest BCUT2D eigenvalue weighted by Gasteiger charge is -2.20. The zero-order valence-electron chi connectivity index (χ0n) is 18.6. The van der Waals surface area contributed by atoms with Crippen LogP contribution in [0.5, 0.6) is 0 Å². The number of nitrogens with zero attached hydrogens (tertiary/aromatic N) is 2. The van der Waals surface area contributed by atoms with E-state index in [9.17, 15) is 8.42 Å². The highest BCUT2D eigenvalue weighted by Gasteiger charge is 2.27. The van der Waals surface area contributed by atoms with E-state index in [1.54, 1.807) is 6.20 Å². The van der Waals surface area contributed by atoms with Gasteiger partial charge in [-0.15, -0.1) is 11.3 Å². The van der Waals surface area contributed by atoms with Gasteiger partial charge in [-0.3, -0.25) is 0 Å². The molecule has 0 amide bonds. The predicted octanol–water partition coefficient (Wildman–Crippen LogP) is 5.24. The lowest BCUT2D eigenvalue weighted by molar-refractivity contribution is 0.493. The maximum Gasteiger partial charge on any atom is 0.251 e. The van der Waals surface area contributed by atoms with Crippen LogP contribution in [0.25, 0.3) is 11.1 Å². The fourth-order valence-electron chi connectivity index (χ4n) is 3.33. The Kier molecular flexibility index (Phi) is 6.55. The van der Waals surface area contributed by atoms with Gasteiger partial charge >= 0.3 is 0 Å². The zero-order valence-corrected chi connectivity index (χ0v) is 20.2. The highest BCUT2D eigenvalue weighted by molar-refractivity contribution is 7.91. The molecule has 1 N–H and O–H groups in total. The summed E-state index contributed by atoms with van der Waals surface area (Å²) in [7, 11) is -3.61. The first kappa shape index (κ1) is 22.7. The van der Waals surface area contributed by atoms with Gasteiger partial charge < -0.3 is 4.57 Å². The molecule has 2 heterocycles. The van der Waals surface area contributed by atoms with Crippen molar-refractivity contribution in [3.8, 4) is 11.1 Å². The molecular formula is C23H31N3O2S2. The highest BCUT2D eigenvalue weighted by Crippen LogP contribution is 2.37. The van der Waals surface area contributed by atoms with E-state index in [1.165, 1.54) is 11.3 Å². The summed E-state index contributed by atoms with van der Waals surface area (Å²) in [5, 5.41) is 0. The number of aryl methyl sites for hydroxylation is 1. The number of rotatable bonds is 7. The first-order valence-corrected chi connectivity index (χ1v) is 12.5. The van der Waals surface area contributed by atoms with Crippen molar-refractivity contribution < 1.29 is 8.42 Å². The molecule has 0 aliphatic carbocycles. The molecule has 0 spiro atoms. The molecular weight excluding hydrogens is 414 g/mol. The summed E-state index contributed by atoms with van der Waals surface area (Å²) in [6, 6.07) is 10.2. The van der Waals surface area contributed by atoms with Crippen molar-refractivity contribution in [2.24, 2.45) is 5.92 Å². The van der Waals surface area contributed by atoms with Crippen molar-refractivity contribution in [2.75, 3.05) is 0 Å². The summed E-state index contributed by atoms with van der Waals surface area (Å²) >= 11 is 1.38. The van der Waals surface area contributed by atoms with E-state index < -0.39 is 15.6 Å². The minimum Gasteiger partial charge on any atom is -0.331 e. The summed E-state index contributed by atoms with van der Waals surface area (Å²) in [5.41, 5.74) is 2.30. The van der Waals surface area contributed by atoms with Crippen LogP contribution >= 0.6 is 11.3 Å². The Morgan fingerprint density at radius 1 is 1.17 bits per heavy atom. The second-order valence-corrected chi connectivity index (χ2v) is 12.2. The molecule has 0 atom stereocenters. The molecule has 0 unspecified atom stereocenters. The van der Waals surface area contributed by atoms with E-state index in [0.29, 0.717) is 10.1 Å². The van der Waals surface area contributed by atoms with Crippen LogP contribution < -0.4 is 4.72 Å². The Morgan fingerprint density at radius 3 is 2.37 bits per heavy atom. The maximum absolute atomic E-state index is 13.1. The van der Waals surface area contributed by atoms with E-state index in [2.05, 4.69) is 40.3 Å². The number of imidazole rings is 1. The molecule has 0 saturated heterocycles. The fourth-order valence-corrected chi connectivity index (χ4v) is 6.70. The predicted molar refractivity (Wildman–Crippen MR) is 124 cm³/mol. The van der Waals surface area contributed by atoms with Gasteiger partial charge in [0.25, 0.3) is 10.0 Å². The van der Waals surface area contributed by atoms with E-state index >= 15 is 0 Å². The molecule has 0 radical (unpaired) electrons. The second-order valence-electron chi connectivity index (χ2n) is 9.17. The van der Waals surface area contributed by atoms with Crippen molar-refractivity contribution in [3.05, 3.63) is 59.0 Å². The minimum absolute atomic E-state index is 0.395. The molecule has 162 valence electrons. The zero-order chi connectivity index (χ0) is 22.1. The van der Waals surface area contributed by atoms with Crippen LogP contribution in [0.1, 0.15) is 50.9 Å². The molecule has 2 aromatic heterocycles. The largest absolute Gasteiger partial charge is 0.331 e. The molecule has 0 aliphatic heterocycles. The third kappa shape index (κ3) is 5.59. The topological polar surface area (TPSA) is 64.0 Å². The Balaban J connectivity index is 1.97. The number of nitrogens with one attached hydrogen (secondary N) is 1. The Hall–Kier alpha value is -1.96. The highest BCUT2D eigenvalue weighted by atomic mass is 32.2. The normalized spacial score (nSPS) is 12.6. The van der Waals surface area contributed by atoms with Crippen molar-refractivity contribution in [3.63, 3.8) is 0 Å². The van der Waals surface area contributed by atoms with E-state index in [1.807, 2.05) is 52.1 Å². The quantitative estimate of drug-likeness (QED) is 0.541. The summed E-state index contributed by atoms with van der Waals surface area (Å²) in [6.07, 6.45) is 4.62. The van der Waals surface area contributed by atoms with Crippen LogP contribution in [-0.4, -0.2) is 23.5 Å². The van der Waals surface area contributed by atoms with Gasteiger partial charge in [0, 0.05) is 34.9 Å². The Morgan fingerprint density at radius 2 is 1.83 bits per heavy atom. The summed E-state index contributed by atoms with van der Waals surface area (Å²) in [4.78, 5) is 5.35. The first-order chi connectivity index (χ1) is 13.9. The molecule has 7 heteroatoms. The van der Waals surface area contributed by atoms with Crippen molar-refractivity contribution in [1.29, 1.82) is 0 Å². The molecule has 30 heavy (non-hydrogen) atoms. The number of thiophene rings is 1. The van der Waals surface area contributed by atoms with Gasteiger partial charge in [0.15, 0.2) is 0 Å². The number of aromatic nitrogens is 2. The standard InChI is InChI=1S/C23H31N3O2S2/c1-16(2)13-20-14-21(22(29-20)30(27,28)25-23(4,5)6)19-9-7-18(8-10-19)15-26-12-11-24-17(26)3/h7-12,14,16,25H,13,15H2,1-6H3. The van der Waals surface area contributed by atoms with Crippen molar-refractivity contribution in [2.45, 2.75) is 64.3 Å². The van der Waals surface area contributed by atoms with Gasteiger partial charge in [-0.2, -0.15) is 0 Å². The number of hydrogen-bond donors (Lipinski definition) is 1. The fraction of sp³-hybridized carbons (Fsp3) is 0.435. The van der Waals surface area contributed by atoms with Crippen LogP contribution in [-0.2, 0) is 23.0 Å². The molecule has 1 aromatic carbocycles. The molecule has 0 fully saturated rings. The Bertz CT molecular complexity index is 1100.